The standard InChI is InChI=1S/5CH2N2.Fe/c5*2-1-3;/h5*2H2;. The molecule has 0 fully saturated rings. The molecule has 0 radical (unpaired) electrons. The summed E-state index contributed by atoms with van der Waals surface area (Å²) in [6.45, 7) is 0. The zero-order chi connectivity index (χ0) is 13.5. The van der Waals surface area contributed by atoms with E-state index in [0.29, 0.717) is 0 Å². The van der Waals surface area contributed by atoms with Gasteiger partial charge in [0.1, 0.15) is 0 Å². The van der Waals surface area contributed by atoms with E-state index in [0.717, 1.165) is 0 Å². The van der Waals surface area contributed by atoms with Gasteiger partial charge in [-0.3, -0.25) is 0 Å². The first-order chi connectivity index (χ1) is 7.07. The van der Waals surface area contributed by atoms with Crippen LogP contribution >= 0.6 is 0 Å². The van der Waals surface area contributed by atoms with E-state index in [1.807, 2.05) is 0 Å². The molecule has 0 rings (SSSR count). The normalized spacial score (nSPS) is 2.19. The minimum atomic E-state index is 0. The van der Waals surface area contributed by atoms with E-state index in [-0.39, 0.29) is 17.1 Å². The molecular formula is C5H10FeN10. The SMILES string of the molecule is N#CN.N#CN.N#CN.N#CN.N#CN.[Fe]. The van der Waals surface area contributed by atoms with E-state index < -0.39 is 0 Å². The summed E-state index contributed by atoms with van der Waals surface area (Å²) < 4.78 is 0. The van der Waals surface area contributed by atoms with Crippen LogP contribution in [0.1, 0.15) is 0 Å². The average molecular weight is 266 g/mol. The van der Waals surface area contributed by atoms with Crippen LogP contribution in [-0.4, -0.2) is 0 Å². The summed E-state index contributed by atoms with van der Waals surface area (Å²) in [6, 6.07) is 0. The molecule has 0 heterocycles. The van der Waals surface area contributed by atoms with Crippen molar-refractivity contribution in [2.75, 3.05) is 0 Å². The van der Waals surface area contributed by atoms with Gasteiger partial charge >= 0.3 is 0 Å². The summed E-state index contributed by atoms with van der Waals surface area (Å²) in [6.07, 6.45) is 6.25. The fraction of sp³-hybridized carbons (Fsp3) is 0. The Kier molecular flexibility index (Phi) is 888. The first-order valence-electron chi connectivity index (χ1n) is 2.56. The van der Waals surface area contributed by atoms with Crippen LogP contribution < -0.4 is 28.7 Å². The van der Waals surface area contributed by atoms with Crippen LogP contribution in [0.4, 0.5) is 0 Å². The van der Waals surface area contributed by atoms with Gasteiger partial charge in [0.25, 0.3) is 0 Å². The minimum Gasteiger partial charge on any atom is -0.337 e. The van der Waals surface area contributed by atoms with Crippen molar-refractivity contribution in [3.05, 3.63) is 0 Å². The van der Waals surface area contributed by atoms with Crippen LogP contribution in [-0.2, 0) is 17.1 Å². The largest absolute Gasteiger partial charge is 0.337 e. The molecule has 0 saturated carbocycles. The first kappa shape index (κ1) is 38.3. The van der Waals surface area contributed by atoms with E-state index in [2.05, 4.69) is 28.7 Å². The Labute approximate surface area is 103 Å². The third-order valence-electron chi connectivity index (χ3n) is 0. The second kappa shape index (κ2) is 371. The zero-order valence-electron chi connectivity index (χ0n) is 7.98. The van der Waals surface area contributed by atoms with Gasteiger partial charge in [-0.05, 0) is 0 Å². The summed E-state index contributed by atoms with van der Waals surface area (Å²) in [7, 11) is 0. The molecule has 0 aliphatic carbocycles. The smallest absolute Gasteiger partial charge is 0.173 e. The van der Waals surface area contributed by atoms with Crippen molar-refractivity contribution < 1.29 is 17.1 Å². The number of nitrogens with two attached hydrogens (primary N) is 5. The Morgan fingerprint density at radius 3 is 0.438 bits per heavy atom. The quantitative estimate of drug-likeness (QED) is 0.170. The third kappa shape index (κ3) is 119. The predicted molar refractivity (Wildman–Crippen MR) is 49.0 cm³/mol. The molecule has 10 nitrogen and oxygen atoms in total. The molecule has 0 aromatic heterocycles. The Hall–Kier alpha value is -3.03. The van der Waals surface area contributed by atoms with Crippen molar-refractivity contribution in [2.45, 2.75) is 0 Å². The van der Waals surface area contributed by atoms with Crippen LogP contribution in [0.15, 0.2) is 0 Å². The van der Waals surface area contributed by atoms with Gasteiger partial charge in [-0.1, -0.05) is 0 Å². The number of nitriles is 5. The minimum absolute atomic E-state index is 0. The summed E-state index contributed by atoms with van der Waals surface area (Å²) >= 11 is 0. The summed E-state index contributed by atoms with van der Waals surface area (Å²) in [5.74, 6) is 0. The van der Waals surface area contributed by atoms with E-state index in [9.17, 15) is 0 Å². The van der Waals surface area contributed by atoms with Gasteiger partial charge in [0.2, 0.25) is 0 Å². The Morgan fingerprint density at radius 1 is 0.438 bits per heavy atom. The zero-order valence-corrected chi connectivity index (χ0v) is 9.08. The van der Waals surface area contributed by atoms with Gasteiger partial charge in [0, 0.05) is 17.1 Å². The Morgan fingerprint density at radius 2 is 0.438 bits per heavy atom. The summed E-state index contributed by atoms with van der Waals surface area (Å²) in [5, 5.41) is 35.5. The third-order valence-corrected chi connectivity index (χ3v) is 0. The maximum atomic E-state index is 7.10. The molecule has 0 aromatic rings. The molecular weight excluding hydrogens is 256 g/mol. The van der Waals surface area contributed by atoms with E-state index in [4.69, 9.17) is 26.3 Å². The van der Waals surface area contributed by atoms with Gasteiger partial charge in [0.15, 0.2) is 31.0 Å². The molecule has 0 spiro atoms. The molecule has 0 aliphatic heterocycles. The second-order valence-electron chi connectivity index (χ2n) is 0.645. The molecule has 11 heteroatoms. The summed E-state index contributed by atoms with van der Waals surface area (Å²) in [4.78, 5) is 0. The predicted octanol–water partition coefficient (Wildman–Crippen LogP) is -2.87. The van der Waals surface area contributed by atoms with Gasteiger partial charge in [-0.2, -0.15) is 26.3 Å². The van der Waals surface area contributed by atoms with Crippen molar-refractivity contribution in [3.8, 4) is 31.0 Å². The topological polar surface area (TPSA) is 249 Å². The molecule has 0 saturated heterocycles. The maximum absolute atomic E-state index is 7.10. The molecule has 16 heavy (non-hydrogen) atoms. The number of hydrogen-bond donors (Lipinski definition) is 5. The van der Waals surface area contributed by atoms with Gasteiger partial charge in [-0.25, -0.2) is 0 Å². The van der Waals surface area contributed by atoms with Gasteiger partial charge in [0.05, 0.1) is 0 Å². The van der Waals surface area contributed by atoms with Crippen LogP contribution in [0.2, 0.25) is 0 Å². The van der Waals surface area contributed by atoms with Gasteiger partial charge in [-0.15, -0.1) is 0 Å². The van der Waals surface area contributed by atoms with E-state index in [1.165, 1.54) is 31.0 Å². The van der Waals surface area contributed by atoms with Crippen LogP contribution in [0.25, 0.3) is 0 Å². The van der Waals surface area contributed by atoms with Crippen molar-refractivity contribution in [3.63, 3.8) is 0 Å². The van der Waals surface area contributed by atoms with Crippen molar-refractivity contribution >= 4 is 0 Å². The maximum Gasteiger partial charge on any atom is 0.173 e. The second-order valence-corrected chi connectivity index (χ2v) is 0.645. The van der Waals surface area contributed by atoms with Gasteiger partial charge < -0.3 is 28.7 Å². The Balaban J connectivity index is -0.0000000192. The molecule has 0 bridgehead atoms. The van der Waals surface area contributed by atoms with E-state index in [1.54, 1.807) is 0 Å². The monoisotopic (exact) mass is 266 g/mol. The fourth-order valence-electron chi connectivity index (χ4n) is 0. The first-order valence-corrected chi connectivity index (χ1v) is 2.56. The average Bonchev–Trinajstić information content (AvgIpc) is 2.09. The van der Waals surface area contributed by atoms with Crippen LogP contribution in [0, 0.1) is 57.3 Å². The van der Waals surface area contributed by atoms with E-state index >= 15 is 0 Å². The molecule has 10 N–H and O–H groups in total. The van der Waals surface area contributed by atoms with Crippen molar-refractivity contribution in [1.82, 2.24) is 0 Å². The molecule has 0 unspecified atom stereocenters. The van der Waals surface area contributed by atoms with Crippen molar-refractivity contribution in [2.24, 2.45) is 28.7 Å². The molecule has 0 amide bonds. The Bertz CT molecular complexity index is 196. The number of rotatable bonds is 0. The number of hydrogen-bond acceptors (Lipinski definition) is 10. The fourth-order valence-corrected chi connectivity index (χ4v) is 0. The van der Waals surface area contributed by atoms with Crippen molar-refractivity contribution in [1.29, 1.82) is 26.3 Å². The molecule has 0 aliphatic rings. The number of nitrogens with zero attached hydrogens (tertiary/aromatic N) is 5. The summed E-state index contributed by atoms with van der Waals surface area (Å²) in [5.41, 5.74) is 20.8. The van der Waals surface area contributed by atoms with Crippen LogP contribution in [0.5, 0.6) is 0 Å². The molecule has 0 atom stereocenters. The molecule has 0 aromatic carbocycles. The molecule has 88 valence electrons. The van der Waals surface area contributed by atoms with Crippen LogP contribution in [0.3, 0.4) is 0 Å².